The third-order valence-electron chi connectivity index (χ3n) is 2.52. The summed E-state index contributed by atoms with van der Waals surface area (Å²) in [6.07, 6.45) is 0. The van der Waals surface area contributed by atoms with Crippen molar-refractivity contribution in [3.05, 3.63) is 46.1 Å². The standard InChI is InChI=1S/C12H9ClF2N2S/c1-6-7(2)12(17-16-11(6)13)18-10-4-3-8(14)5-9(10)15/h3-5H,1-2H3. The third-order valence-corrected chi connectivity index (χ3v) is 4.01. The maximum absolute atomic E-state index is 13.5. The van der Waals surface area contributed by atoms with Gasteiger partial charge in [-0.2, -0.15) is 0 Å². The molecule has 1 aromatic heterocycles. The topological polar surface area (TPSA) is 25.8 Å². The van der Waals surface area contributed by atoms with E-state index < -0.39 is 11.6 Å². The van der Waals surface area contributed by atoms with Gasteiger partial charge in [-0.05, 0) is 37.1 Å². The predicted octanol–water partition coefficient (Wildman–Crippen LogP) is 4.18. The van der Waals surface area contributed by atoms with Crippen LogP contribution in [0.2, 0.25) is 5.15 Å². The van der Waals surface area contributed by atoms with Crippen LogP contribution in [0.1, 0.15) is 11.1 Å². The first-order valence-corrected chi connectivity index (χ1v) is 6.30. The molecule has 18 heavy (non-hydrogen) atoms. The normalized spacial score (nSPS) is 10.7. The van der Waals surface area contributed by atoms with Crippen molar-refractivity contribution < 1.29 is 8.78 Å². The van der Waals surface area contributed by atoms with E-state index in [2.05, 4.69) is 10.2 Å². The number of hydrogen-bond acceptors (Lipinski definition) is 3. The Morgan fingerprint density at radius 3 is 2.50 bits per heavy atom. The first-order chi connectivity index (χ1) is 8.49. The molecule has 0 amide bonds. The van der Waals surface area contributed by atoms with Gasteiger partial charge in [0.05, 0.1) is 0 Å². The minimum atomic E-state index is -0.617. The van der Waals surface area contributed by atoms with Gasteiger partial charge in [0, 0.05) is 11.0 Å². The van der Waals surface area contributed by atoms with Crippen molar-refractivity contribution in [3.63, 3.8) is 0 Å². The largest absolute Gasteiger partial charge is 0.207 e. The van der Waals surface area contributed by atoms with Crippen molar-refractivity contribution in [1.82, 2.24) is 10.2 Å². The molecule has 2 rings (SSSR count). The summed E-state index contributed by atoms with van der Waals surface area (Å²) in [6.45, 7) is 3.65. The Hall–Kier alpha value is -1.20. The van der Waals surface area contributed by atoms with E-state index in [-0.39, 0.29) is 0 Å². The van der Waals surface area contributed by atoms with Crippen LogP contribution in [-0.2, 0) is 0 Å². The molecule has 2 nitrogen and oxygen atoms in total. The van der Waals surface area contributed by atoms with Crippen LogP contribution in [0.5, 0.6) is 0 Å². The molecule has 0 aliphatic rings. The van der Waals surface area contributed by atoms with Gasteiger partial charge in [-0.3, -0.25) is 0 Å². The summed E-state index contributed by atoms with van der Waals surface area (Å²) in [6, 6.07) is 3.42. The molecule has 2 aromatic rings. The van der Waals surface area contributed by atoms with Gasteiger partial charge in [-0.1, -0.05) is 23.4 Å². The van der Waals surface area contributed by atoms with Crippen LogP contribution >= 0.6 is 23.4 Å². The number of hydrogen-bond donors (Lipinski definition) is 0. The van der Waals surface area contributed by atoms with E-state index in [1.54, 1.807) is 0 Å². The monoisotopic (exact) mass is 286 g/mol. The summed E-state index contributed by atoms with van der Waals surface area (Å²) in [5.41, 5.74) is 1.64. The van der Waals surface area contributed by atoms with Gasteiger partial charge in [-0.15, -0.1) is 10.2 Å². The lowest BCUT2D eigenvalue weighted by molar-refractivity contribution is 0.565. The van der Waals surface area contributed by atoms with E-state index in [1.807, 2.05) is 13.8 Å². The first kappa shape index (κ1) is 13.2. The smallest absolute Gasteiger partial charge is 0.154 e. The average Bonchev–Trinajstić information content (AvgIpc) is 2.33. The van der Waals surface area contributed by atoms with Crippen LogP contribution in [0.25, 0.3) is 0 Å². The number of benzene rings is 1. The molecule has 94 valence electrons. The van der Waals surface area contributed by atoms with E-state index >= 15 is 0 Å². The molecular weight excluding hydrogens is 278 g/mol. The minimum absolute atomic E-state index is 0.301. The molecule has 1 heterocycles. The Morgan fingerprint density at radius 2 is 1.83 bits per heavy atom. The Morgan fingerprint density at radius 1 is 1.11 bits per heavy atom. The molecule has 0 unspecified atom stereocenters. The second-order valence-corrected chi connectivity index (χ2v) is 5.11. The van der Waals surface area contributed by atoms with Crippen LogP contribution < -0.4 is 0 Å². The van der Waals surface area contributed by atoms with Crippen molar-refractivity contribution in [2.75, 3.05) is 0 Å². The first-order valence-electron chi connectivity index (χ1n) is 5.11. The molecule has 0 saturated heterocycles. The van der Waals surface area contributed by atoms with E-state index in [4.69, 9.17) is 11.6 Å². The predicted molar refractivity (Wildman–Crippen MR) is 67.0 cm³/mol. The highest BCUT2D eigenvalue weighted by molar-refractivity contribution is 7.99. The molecule has 0 N–H and O–H groups in total. The number of aromatic nitrogens is 2. The molecule has 0 fully saturated rings. The van der Waals surface area contributed by atoms with Gasteiger partial charge in [0.15, 0.2) is 5.15 Å². The molecule has 1 aromatic carbocycles. The van der Waals surface area contributed by atoms with Crippen molar-refractivity contribution in [2.24, 2.45) is 0 Å². The Bertz CT molecular complexity index is 605. The second-order valence-electron chi connectivity index (χ2n) is 3.72. The molecule has 0 aliphatic heterocycles. The van der Waals surface area contributed by atoms with Crippen molar-refractivity contribution in [1.29, 1.82) is 0 Å². The van der Waals surface area contributed by atoms with E-state index in [0.29, 0.717) is 15.1 Å². The minimum Gasteiger partial charge on any atom is -0.207 e. The van der Waals surface area contributed by atoms with Gasteiger partial charge >= 0.3 is 0 Å². The SMILES string of the molecule is Cc1c(Cl)nnc(Sc2ccc(F)cc2F)c1C. The van der Waals surface area contributed by atoms with Crippen LogP contribution in [-0.4, -0.2) is 10.2 Å². The molecule has 0 bridgehead atoms. The maximum atomic E-state index is 13.5. The molecule has 0 radical (unpaired) electrons. The zero-order valence-electron chi connectivity index (χ0n) is 9.67. The van der Waals surface area contributed by atoms with Gasteiger partial charge in [0.2, 0.25) is 0 Å². The molecule has 6 heteroatoms. The Kier molecular flexibility index (Phi) is 3.82. The molecule has 0 spiro atoms. The van der Waals surface area contributed by atoms with Gasteiger partial charge in [0.25, 0.3) is 0 Å². The highest BCUT2D eigenvalue weighted by Gasteiger charge is 2.12. The van der Waals surface area contributed by atoms with E-state index in [0.717, 1.165) is 29.0 Å². The molecule has 0 atom stereocenters. The van der Waals surface area contributed by atoms with Crippen molar-refractivity contribution >= 4 is 23.4 Å². The fraction of sp³-hybridized carbons (Fsp3) is 0.167. The van der Waals surface area contributed by atoms with Crippen LogP contribution in [0.3, 0.4) is 0 Å². The quantitative estimate of drug-likeness (QED) is 0.828. The highest BCUT2D eigenvalue weighted by atomic mass is 35.5. The Labute approximate surface area is 112 Å². The summed E-state index contributed by atoms with van der Waals surface area (Å²) in [7, 11) is 0. The van der Waals surface area contributed by atoms with Crippen LogP contribution in [0, 0.1) is 25.5 Å². The van der Waals surface area contributed by atoms with Gasteiger partial charge < -0.3 is 0 Å². The zero-order valence-corrected chi connectivity index (χ0v) is 11.2. The third kappa shape index (κ3) is 2.62. The lowest BCUT2D eigenvalue weighted by Crippen LogP contribution is -1.95. The zero-order chi connectivity index (χ0) is 13.3. The van der Waals surface area contributed by atoms with Crippen LogP contribution in [0.15, 0.2) is 28.1 Å². The summed E-state index contributed by atoms with van der Waals surface area (Å²) >= 11 is 6.93. The van der Waals surface area contributed by atoms with Crippen molar-refractivity contribution in [2.45, 2.75) is 23.8 Å². The number of halogens is 3. The molecule has 0 aliphatic carbocycles. The fourth-order valence-electron chi connectivity index (χ4n) is 1.31. The average molecular weight is 287 g/mol. The van der Waals surface area contributed by atoms with Crippen LogP contribution in [0.4, 0.5) is 8.78 Å². The summed E-state index contributed by atoms with van der Waals surface area (Å²) < 4.78 is 26.3. The van der Waals surface area contributed by atoms with E-state index in [9.17, 15) is 8.78 Å². The van der Waals surface area contributed by atoms with Crippen molar-refractivity contribution in [3.8, 4) is 0 Å². The lowest BCUT2D eigenvalue weighted by Gasteiger charge is -2.07. The highest BCUT2D eigenvalue weighted by Crippen LogP contribution is 2.32. The summed E-state index contributed by atoms with van der Waals surface area (Å²) in [4.78, 5) is 0.301. The number of rotatable bonds is 2. The maximum Gasteiger partial charge on any atom is 0.154 e. The summed E-state index contributed by atoms with van der Waals surface area (Å²) in [5, 5.41) is 8.59. The van der Waals surface area contributed by atoms with E-state index in [1.165, 1.54) is 12.1 Å². The number of nitrogens with zero attached hydrogens (tertiary/aromatic N) is 2. The lowest BCUT2D eigenvalue weighted by atomic mass is 10.2. The summed E-state index contributed by atoms with van der Waals surface area (Å²) in [5.74, 6) is -1.22. The fourth-order valence-corrected chi connectivity index (χ4v) is 2.38. The molecule has 0 saturated carbocycles. The van der Waals surface area contributed by atoms with Gasteiger partial charge in [-0.25, -0.2) is 8.78 Å². The molecular formula is C12H9ClF2N2S. The van der Waals surface area contributed by atoms with Gasteiger partial charge in [0.1, 0.15) is 16.7 Å². The Balaban J connectivity index is 2.37. The second kappa shape index (κ2) is 5.20.